The Morgan fingerprint density at radius 2 is 1.02 bits per heavy atom. The van der Waals surface area contributed by atoms with Gasteiger partial charge in [-0.2, -0.15) is 9.97 Å². The first-order chi connectivity index (χ1) is 28.3. The van der Waals surface area contributed by atoms with E-state index >= 15 is 0 Å². The Bertz CT molecular complexity index is 2390. The molecule has 4 N–H and O–H groups in total. The highest BCUT2D eigenvalue weighted by Crippen LogP contribution is 2.44. The molecular formula is C44H40Cl2N10O2. The molecule has 8 rings (SSSR count). The molecule has 0 bridgehead atoms. The predicted molar refractivity (Wildman–Crippen MR) is 231 cm³/mol. The Morgan fingerprint density at radius 1 is 0.603 bits per heavy atom. The van der Waals surface area contributed by atoms with Crippen LogP contribution in [0.3, 0.4) is 0 Å². The van der Waals surface area contributed by atoms with Crippen molar-refractivity contribution in [2.45, 2.75) is 37.5 Å². The summed E-state index contributed by atoms with van der Waals surface area (Å²) in [7, 11) is 6.82. The Hall–Kier alpha value is -6.60. The maximum absolute atomic E-state index is 7.22. The highest BCUT2D eigenvalue weighted by Gasteiger charge is 2.32. The molecule has 2 heterocycles. The first kappa shape index (κ1) is 39.6. The molecule has 0 spiro atoms. The first-order valence-corrected chi connectivity index (χ1v) is 19.4. The molecule has 12 nitrogen and oxygen atoms in total. The van der Waals surface area contributed by atoms with Gasteiger partial charge in [0, 0.05) is 58.5 Å². The van der Waals surface area contributed by atoms with Crippen molar-refractivity contribution >= 4 is 69.5 Å². The molecular weight excluding hydrogens is 771 g/mol. The van der Waals surface area contributed by atoms with Crippen LogP contribution in [0.1, 0.15) is 58.3 Å². The van der Waals surface area contributed by atoms with Crippen LogP contribution in [0.2, 0.25) is 10.0 Å². The van der Waals surface area contributed by atoms with E-state index in [1.54, 1.807) is 38.5 Å². The molecule has 0 amide bonds. The third-order valence-electron chi connectivity index (χ3n) is 10.3. The molecule has 4 aromatic carbocycles. The van der Waals surface area contributed by atoms with Crippen molar-refractivity contribution in [3.8, 4) is 11.5 Å². The van der Waals surface area contributed by atoms with E-state index in [9.17, 15) is 0 Å². The highest BCUT2D eigenvalue weighted by molar-refractivity contribution is 6.31. The maximum Gasteiger partial charge on any atom is 0.229 e. The summed E-state index contributed by atoms with van der Waals surface area (Å²) in [6.45, 7) is 14.4. The van der Waals surface area contributed by atoms with E-state index in [0.717, 1.165) is 92.4 Å². The van der Waals surface area contributed by atoms with E-state index < -0.39 is 0 Å². The van der Waals surface area contributed by atoms with E-state index in [1.807, 2.05) is 62.6 Å². The van der Waals surface area contributed by atoms with Gasteiger partial charge in [0.05, 0.1) is 38.8 Å². The van der Waals surface area contributed by atoms with Gasteiger partial charge < -0.3 is 30.7 Å². The van der Waals surface area contributed by atoms with E-state index in [0.29, 0.717) is 34.8 Å². The number of rotatable bonds is 10. The number of nitrogens with one attached hydrogen (secondary N) is 4. The van der Waals surface area contributed by atoms with Crippen LogP contribution >= 0.6 is 23.2 Å². The SMILES string of the molecule is [C-]#[N+]c1ccc(Nc2nc(NC)c3c(n2)[C@@H](c2ccccc2Cl)CC3)cc1OC.[C-]#[N+]c1ccc(Nc2nc(NC)c3c(n2)[C@H](c2ccccc2Cl)CC3)cc1OC. The first-order valence-electron chi connectivity index (χ1n) is 18.6. The number of anilines is 6. The molecule has 0 radical (unpaired) electrons. The summed E-state index contributed by atoms with van der Waals surface area (Å²) in [5.74, 6) is 3.90. The maximum atomic E-state index is 7.22. The van der Waals surface area contributed by atoms with Gasteiger partial charge in [0.15, 0.2) is 0 Å². The summed E-state index contributed by atoms with van der Waals surface area (Å²) in [6, 6.07) is 26.4. The lowest BCUT2D eigenvalue weighted by atomic mass is 9.96. The van der Waals surface area contributed by atoms with Crippen LogP contribution in [0, 0.1) is 13.1 Å². The van der Waals surface area contributed by atoms with Crippen LogP contribution in [-0.4, -0.2) is 48.3 Å². The monoisotopic (exact) mass is 810 g/mol. The zero-order valence-corrected chi connectivity index (χ0v) is 33.8. The average molecular weight is 812 g/mol. The number of halogens is 2. The molecule has 2 aromatic heterocycles. The minimum atomic E-state index is 0.133. The van der Waals surface area contributed by atoms with Gasteiger partial charge in [-0.15, -0.1) is 0 Å². The van der Waals surface area contributed by atoms with Gasteiger partial charge >= 0.3 is 0 Å². The largest absolute Gasteiger partial charge is 0.508 e. The van der Waals surface area contributed by atoms with Gasteiger partial charge in [-0.1, -0.05) is 71.7 Å². The number of benzene rings is 4. The molecule has 2 aliphatic rings. The zero-order chi connectivity index (χ0) is 40.8. The van der Waals surface area contributed by atoms with Crippen LogP contribution < -0.4 is 30.7 Å². The molecule has 0 saturated carbocycles. The van der Waals surface area contributed by atoms with Gasteiger partial charge in [-0.25, -0.2) is 19.7 Å². The Labute approximate surface area is 347 Å². The van der Waals surface area contributed by atoms with Crippen LogP contribution in [0.15, 0.2) is 84.9 Å². The van der Waals surface area contributed by atoms with Crippen LogP contribution in [0.25, 0.3) is 9.69 Å². The third kappa shape index (κ3) is 8.12. The summed E-state index contributed by atoms with van der Waals surface area (Å²) >= 11 is 12.9. The molecule has 0 saturated heterocycles. The normalized spacial score (nSPS) is 14.8. The topological polar surface area (TPSA) is 127 Å². The van der Waals surface area contributed by atoms with Crippen molar-refractivity contribution in [2.24, 2.45) is 0 Å². The van der Waals surface area contributed by atoms with Crippen molar-refractivity contribution in [1.82, 2.24) is 19.9 Å². The highest BCUT2D eigenvalue weighted by atomic mass is 35.5. The predicted octanol–water partition coefficient (Wildman–Crippen LogP) is 11.1. The second kappa shape index (κ2) is 17.7. The van der Waals surface area contributed by atoms with Gasteiger partial charge in [0.25, 0.3) is 0 Å². The average Bonchev–Trinajstić information content (AvgIpc) is 3.88. The van der Waals surface area contributed by atoms with Crippen molar-refractivity contribution in [1.29, 1.82) is 0 Å². The Morgan fingerprint density at radius 3 is 1.38 bits per heavy atom. The number of nitrogens with zero attached hydrogens (tertiary/aromatic N) is 6. The van der Waals surface area contributed by atoms with E-state index in [-0.39, 0.29) is 11.8 Å². The molecule has 0 unspecified atom stereocenters. The Balaban J connectivity index is 0.000000177. The second-order valence-electron chi connectivity index (χ2n) is 13.5. The van der Waals surface area contributed by atoms with Crippen molar-refractivity contribution < 1.29 is 9.47 Å². The van der Waals surface area contributed by atoms with Gasteiger partial charge in [-0.3, -0.25) is 0 Å². The van der Waals surface area contributed by atoms with Crippen molar-refractivity contribution in [3.05, 3.63) is 151 Å². The molecule has 0 fully saturated rings. The minimum Gasteiger partial charge on any atom is -0.508 e. The molecule has 292 valence electrons. The lowest BCUT2D eigenvalue weighted by Gasteiger charge is -2.16. The van der Waals surface area contributed by atoms with Crippen LogP contribution in [-0.2, 0) is 12.8 Å². The smallest absolute Gasteiger partial charge is 0.229 e. The van der Waals surface area contributed by atoms with Crippen molar-refractivity contribution in [3.63, 3.8) is 0 Å². The quantitative estimate of drug-likeness (QED) is 0.0993. The fourth-order valence-electron chi connectivity index (χ4n) is 7.52. The van der Waals surface area contributed by atoms with Crippen LogP contribution in [0.4, 0.5) is 46.3 Å². The third-order valence-corrected chi connectivity index (χ3v) is 10.9. The van der Waals surface area contributed by atoms with E-state index in [4.69, 9.17) is 55.8 Å². The van der Waals surface area contributed by atoms with Gasteiger partial charge in [0.2, 0.25) is 23.3 Å². The number of hydrogen-bond donors (Lipinski definition) is 4. The minimum absolute atomic E-state index is 0.133. The van der Waals surface area contributed by atoms with E-state index in [2.05, 4.69) is 53.1 Å². The summed E-state index contributed by atoms with van der Waals surface area (Å²) in [5.41, 5.74) is 8.84. The van der Waals surface area contributed by atoms with Gasteiger partial charge in [-0.05, 0) is 73.2 Å². The molecule has 6 aromatic rings. The number of methoxy groups -OCH3 is 2. The molecule has 0 aliphatic heterocycles. The summed E-state index contributed by atoms with van der Waals surface area (Å²) in [4.78, 5) is 25.9. The fourth-order valence-corrected chi connectivity index (χ4v) is 8.06. The number of hydrogen-bond acceptors (Lipinski definition) is 10. The number of ether oxygens (including phenoxy) is 2. The zero-order valence-electron chi connectivity index (χ0n) is 32.3. The molecule has 58 heavy (non-hydrogen) atoms. The summed E-state index contributed by atoms with van der Waals surface area (Å²) in [5, 5.41) is 14.4. The molecule has 14 heteroatoms. The van der Waals surface area contributed by atoms with Crippen LogP contribution in [0.5, 0.6) is 11.5 Å². The lowest BCUT2D eigenvalue weighted by molar-refractivity contribution is 0.417. The molecule has 2 aliphatic carbocycles. The van der Waals surface area contributed by atoms with Crippen molar-refractivity contribution in [2.75, 3.05) is 49.6 Å². The van der Waals surface area contributed by atoms with Gasteiger partial charge in [0.1, 0.15) is 23.1 Å². The fraction of sp³-hybridized carbons (Fsp3) is 0.227. The molecule has 2 atom stereocenters. The lowest BCUT2D eigenvalue weighted by Crippen LogP contribution is -2.08. The summed E-state index contributed by atoms with van der Waals surface area (Å²) < 4.78 is 10.6. The standard InChI is InChI=1S/2C22H20ClN5O/c2*1-24-18-11-8-13(12-19(18)29-3)26-22-27-20-15(14-6-4-5-7-17(14)23)9-10-16(20)21(25-2)28-22/h2*4-8,11-12,15H,9-10H2,2-3H3,(H2,25,26,27,28)/t2*15-/m10/s1. The number of fused-ring (bicyclic) bond motifs is 2. The van der Waals surface area contributed by atoms with E-state index in [1.165, 1.54) is 0 Å². The number of aromatic nitrogens is 4. The second-order valence-corrected chi connectivity index (χ2v) is 14.3. The Kier molecular flexibility index (Phi) is 12.1. The summed E-state index contributed by atoms with van der Waals surface area (Å²) in [6.07, 6.45) is 3.68.